The van der Waals surface area contributed by atoms with E-state index in [2.05, 4.69) is 26.1 Å². The molecule has 0 fully saturated rings. The summed E-state index contributed by atoms with van der Waals surface area (Å²) in [6.07, 6.45) is 6.72. The largest absolute Gasteiger partial charge is 0.311 e. The van der Waals surface area contributed by atoms with Gasteiger partial charge in [0.25, 0.3) is 0 Å². The van der Waals surface area contributed by atoms with Gasteiger partial charge in [-0.2, -0.15) is 0 Å². The minimum atomic E-state index is -0.682. The molecule has 3 heteroatoms. The van der Waals surface area contributed by atoms with Crippen LogP contribution in [0.1, 0.15) is 46.5 Å². The van der Waals surface area contributed by atoms with Crippen LogP contribution < -0.4 is 5.32 Å². The summed E-state index contributed by atoms with van der Waals surface area (Å²) < 4.78 is 11.0. The lowest BCUT2D eigenvalue weighted by atomic mass is 10.1. The molecule has 0 saturated carbocycles. The quantitative estimate of drug-likeness (QED) is 0.679. The van der Waals surface area contributed by atoms with Gasteiger partial charge in [0.2, 0.25) is 0 Å². The minimum absolute atomic E-state index is 0.377. The zero-order valence-electron chi connectivity index (χ0n) is 10.0. The fraction of sp³-hybridized carbons (Fsp3) is 1.00. The van der Waals surface area contributed by atoms with E-state index in [1.807, 2.05) is 0 Å². The summed E-state index contributed by atoms with van der Waals surface area (Å²) in [5, 5.41) is 3.54. The van der Waals surface area contributed by atoms with Crippen molar-refractivity contribution in [2.45, 2.75) is 58.5 Å². The highest BCUT2D eigenvalue weighted by Crippen LogP contribution is 2.05. The summed E-state index contributed by atoms with van der Waals surface area (Å²) >= 11 is 0. The van der Waals surface area contributed by atoms with Crippen molar-refractivity contribution in [3.05, 3.63) is 0 Å². The summed E-state index contributed by atoms with van der Waals surface area (Å²) in [5.41, 5.74) is 0. The topological polar surface area (TPSA) is 29.1 Å². The first-order valence-electron chi connectivity index (χ1n) is 5.66. The maximum Gasteiger partial charge on any atom is 0.0383 e. The Bertz CT molecular complexity index is 161. The van der Waals surface area contributed by atoms with Gasteiger partial charge in [0.1, 0.15) is 0 Å². The van der Waals surface area contributed by atoms with Gasteiger partial charge < -0.3 is 5.32 Å². The first-order chi connectivity index (χ1) is 6.60. The summed E-state index contributed by atoms with van der Waals surface area (Å²) in [7, 11) is -0.682. The molecule has 0 aromatic carbocycles. The molecule has 2 nitrogen and oxygen atoms in total. The molecule has 0 rings (SSSR count). The molecule has 0 amide bonds. The number of hydrogen-bond donors (Lipinski definition) is 1. The second-order valence-corrected chi connectivity index (χ2v) is 5.53. The fourth-order valence-corrected chi connectivity index (χ4v) is 2.46. The smallest absolute Gasteiger partial charge is 0.0383 e. The number of rotatable bonds is 8. The second kappa shape index (κ2) is 8.42. The number of hydrogen-bond acceptors (Lipinski definition) is 2. The van der Waals surface area contributed by atoms with Crippen LogP contribution in [-0.4, -0.2) is 28.3 Å². The summed E-state index contributed by atoms with van der Waals surface area (Å²) in [6.45, 7) is 6.55. The minimum Gasteiger partial charge on any atom is -0.311 e. The van der Waals surface area contributed by atoms with Gasteiger partial charge in [-0.15, -0.1) is 0 Å². The van der Waals surface area contributed by atoms with Crippen molar-refractivity contribution in [3.63, 3.8) is 0 Å². The standard InChI is InChI=1S/C11H25NOS/c1-5-7-8-11(6-2)12-10(3)9-14(4)13/h10-12H,5-9H2,1-4H3. The van der Waals surface area contributed by atoms with Gasteiger partial charge in [-0.25, -0.2) is 0 Å². The van der Waals surface area contributed by atoms with Crippen LogP contribution in [0.15, 0.2) is 0 Å². The van der Waals surface area contributed by atoms with Crippen molar-refractivity contribution in [3.8, 4) is 0 Å². The van der Waals surface area contributed by atoms with E-state index in [4.69, 9.17) is 0 Å². The Hall–Kier alpha value is 0.110. The van der Waals surface area contributed by atoms with E-state index in [9.17, 15) is 4.21 Å². The van der Waals surface area contributed by atoms with Gasteiger partial charge >= 0.3 is 0 Å². The average molecular weight is 219 g/mol. The normalized spacial score (nSPS) is 17.7. The molecule has 86 valence electrons. The molecule has 14 heavy (non-hydrogen) atoms. The zero-order valence-corrected chi connectivity index (χ0v) is 10.8. The Balaban J connectivity index is 3.73. The fourth-order valence-electron chi connectivity index (χ4n) is 1.66. The summed E-state index contributed by atoms with van der Waals surface area (Å²) in [5.74, 6) is 0.766. The first kappa shape index (κ1) is 14.1. The third-order valence-corrected chi connectivity index (χ3v) is 3.37. The van der Waals surface area contributed by atoms with E-state index in [0.717, 1.165) is 5.75 Å². The van der Waals surface area contributed by atoms with Crippen LogP contribution in [0.2, 0.25) is 0 Å². The maximum atomic E-state index is 11.0. The van der Waals surface area contributed by atoms with Crippen molar-refractivity contribution in [1.82, 2.24) is 5.32 Å². The Morgan fingerprint density at radius 2 is 2.00 bits per heavy atom. The molecule has 0 aromatic heterocycles. The Kier molecular flexibility index (Phi) is 8.49. The van der Waals surface area contributed by atoms with Crippen molar-refractivity contribution in [2.24, 2.45) is 0 Å². The molecule has 1 N–H and O–H groups in total. The monoisotopic (exact) mass is 219 g/mol. The van der Waals surface area contributed by atoms with Crippen molar-refractivity contribution >= 4 is 10.8 Å². The van der Waals surface area contributed by atoms with E-state index >= 15 is 0 Å². The van der Waals surface area contributed by atoms with Crippen LogP contribution in [0.4, 0.5) is 0 Å². The SMILES string of the molecule is CCCCC(CC)NC(C)CS(C)=O. The molecule has 3 unspecified atom stereocenters. The van der Waals surface area contributed by atoms with Crippen LogP contribution in [-0.2, 0) is 10.8 Å². The lowest BCUT2D eigenvalue weighted by Crippen LogP contribution is -2.39. The highest BCUT2D eigenvalue weighted by molar-refractivity contribution is 7.84. The molecule has 0 aliphatic rings. The van der Waals surface area contributed by atoms with E-state index < -0.39 is 10.8 Å². The van der Waals surface area contributed by atoms with E-state index in [0.29, 0.717) is 12.1 Å². The Morgan fingerprint density at radius 3 is 2.43 bits per heavy atom. The van der Waals surface area contributed by atoms with Crippen molar-refractivity contribution in [1.29, 1.82) is 0 Å². The van der Waals surface area contributed by atoms with Gasteiger partial charge in [0, 0.05) is 34.9 Å². The van der Waals surface area contributed by atoms with Crippen molar-refractivity contribution in [2.75, 3.05) is 12.0 Å². The molecular formula is C11H25NOS. The van der Waals surface area contributed by atoms with Gasteiger partial charge in [0.15, 0.2) is 0 Å². The Morgan fingerprint density at radius 1 is 1.36 bits per heavy atom. The lowest BCUT2D eigenvalue weighted by Gasteiger charge is -2.21. The van der Waals surface area contributed by atoms with E-state index in [1.54, 1.807) is 6.26 Å². The molecule has 0 radical (unpaired) electrons. The van der Waals surface area contributed by atoms with Crippen LogP contribution in [0.25, 0.3) is 0 Å². The molecule has 0 heterocycles. The van der Waals surface area contributed by atoms with Crippen LogP contribution >= 0.6 is 0 Å². The molecule has 0 saturated heterocycles. The summed E-state index contributed by atoms with van der Waals surface area (Å²) in [4.78, 5) is 0. The third kappa shape index (κ3) is 7.51. The Labute approximate surface area is 91.3 Å². The molecule has 0 bridgehead atoms. The number of unbranched alkanes of at least 4 members (excludes halogenated alkanes) is 1. The highest BCUT2D eigenvalue weighted by Gasteiger charge is 2.10. The average Bonchev–Trinajstić information content (AvgIpc) is 2.10. The molecule has 0 spiro atoms. The van der Waals surface area contributed by atoms with Gasteiger partial charge in [-0.3, -0.25) is 4.21 Å². The highest BCUT2D eigenvalue weighted by atomic mass is 32.2. The third-order valence-electron chi connectivity index (χ3n) is 2.40. The molecule has 0 aromatic rings. The summed E-state index contributed by atoms with van der Waals surface area (Å²) in [6, 6.07) is 0.983. The predicted molar refractivity (Wildman–Crippen MR) is 65.1 cm³/mol. The maximum absolute atomic E-state index is 11.0. The first-order valence-corrected chi connectivity index (χ1v) is 7.38. The van der Waals surface area contributed by atoms with Gasteiger partial charge in [-0.05, 0) is 19.8 Å². The second-order valence-electron chi connectivity index (χ2n) is 4.05. The number of nitrogens with one attached hydrogen (secondary N) is 1. The predicted octanol–water partition coefficient (Wildman–Crippen LogP) is 2.31. The molecule has 3 atom stereocenters. The van der Waals surface area contributed by atoms with E-state index in [1.165, 1.54) is 25.7 Å². The van der Waals surface area contributed by atoms with Crippen LogP contribution in [0.5, 0.6) is 0 Å². The van der Waals surface area contributed by atoms with Gasteiger partial charge in [0.05, 0.1) is 0 Å². The van der Waals surface area contributed by atoms with Crippen molar-refractivity contribution < 1.29 is 4.21 Å². The van der Waals surface area contributed by atoms with Crippen LogP contribution in [0, 0.1) is 0 Å². The zero-order chi connectivity index (χ0) is 11.0. The van der Waals surface area contributed by atoms with E-state index in [-0.39, 0.29) is 0 Å². The molecule has 0 aliphatic carbocycles. The molecular weight excluding hydrogens is 194 g/mol. The molecule has 0 aliphatic heterocycles. The van der Waals surface area contributed by atoms with Crippen LogP contribution in [0.3, 0.4) is 0 Å². The lowest BCUT2D eigenvalue weighted by molar-refractivity contribution is 0.419. The van der Waals surface area contributed by atoms with Gasteiger partial charge in [-0.1, -0.05) is 26.7 Å².